The van der Waals surface area contributed by atoms with Gasteiger partial charge in [0, 0.05) is 24.8 Å². The first-order valence-electron chi connectivity index (χ1n) is 7.32. The van der Waals surface area contributed by atoms with Crippen molar-refractivity contribution in [2.75, 3.05) is 11.4 Å². The molecule has 0 aromatic heterocycles. The maximum absolute atomic E-state index is 5.97. The van der Waals surface area contributed by atoms with Crippen molar-refractivity contribution >= 4 is 5.69 Å². The van der Waals surface area contributed by atoms with Crippen LogP contribution in [0.1, 0.15) is 35.2 Å². The van der Waals surface area contributed by atoms with Crippen molar-refractivity contribution in [3.63, 3.8) is 0 Å². The molecule has 1 heterocycles. The molecule has 0 saturated carbocycles. The Morgan fingerprint density at radius 2 is 2.05 bits per heavy atom. The van der Waals surface area contributed by atoms with Crippen molar-refractivity contribution in [1.82, 2.24) is 0 Å². The van der Waals surface area contributed by atoms with E-state index in [1.165, 1.54) is 27.9 Å². The van der Waals surface area contributed by atoms with Gasteiger partial charge >= 0.3 is 0 Å². The number of benzene rings is 2. The van der Waals surface area contributed by atoms with Gasteiger partial charge in [0.05, 0.1) is 0 Å². The largest absolute Gasteiger partial charge is 0.367 e. The molecule has 0 saturated heterocycles. The summed E-state index contributed by atoms with van der Waals surface area (Å²) in [5, 5.41) is 0. The predicted molar refractivity (Wildman–Crippen MR) is 85.0 cm³/mol. The molecule has 0 bridgehead atoms. The smallest absolute Gasteiger partial charge is 0.0429 e. The van der Waals surface area contributed by atoms with Gasteiger partial charge in [0.15, 0.2) is 0 Å². The molecule has 0 amide bonds. The topological polar surface area (TPSA) is 29.3 Å². The van der Waals surface area contributed by atoms with E-state index in [0.717, 1.165) is 19.5 Å². The molecular weight excluding hydrogens is 244 g/mol. The van der Waals surface area contributed by atoms with Gasteiger partial charge in [0.1, 0.15) is 0 Å². The van der Waals surface area contributed by atoms with E-state index in [2.05, 4.69) is 54.3 Å². The van der Waals surface area contributed by atoms with Crippen LogP contribution in [0.15, 0.2) is 42.5 Å². The summed E-state index contributed by atoms with van der Waals surface area (Å²) in [6, 6.07) is 15.6. The van der Waals surface area contributed by atoms with E-state index in [1.807, 2.05) is 6.92 Å². The fourth-order valence-electron chi connectivity index (χ4n) is 2.97. The molecule has 2 N–H and O–H groups in total. The zero-order chi connectivity index (χ0) is 14.1. The molecule has 104 valence electrons. The highest BCUT2D eigenvalue weighted by atomic mass is 15.1. The summed E-state index contributed by atoms with van der Waals surface area (Å²) >= 11 is 0. The molecular formula is C18H22N2. The maximum Gasteiger partial charge on any atom is 0.0429 e. The first kappa shape index (κ1) is 13.2. The number of rotatable bonds is 3. The van der Waals surface area contributed by atoms with E-state index in [0.29, 0.717) is 0 Å². The summed E-state index contributed by atoms with van der Waals surface area (Å²) in [6.45, 7) is 6.29. The zero-order valence-electron chi connectivity index (χ0n) is 12.3. The normalized spacial score (nSPS) is 15.2. The van der Waals surface area contributed by atoms with Gasteiger partial charge in [0.2, 0.25) is 0 Å². The lowest BCUT2D eigenvalue weighted by Crippen LogP contribution is -2.19. The second-order valence-electron chi connectivity index (χ2n) is 5.84. The first-order valence-corrected chi connectivity index (χ1v) is 7.32. The molecule has 2 heteroatoms. The van der Waals surface area contributed by atoms with Gasteiger partial charge in [-0.15, -0.1) is 0 Å². The van der Waals surface area contributed by atoms with Crippen molar-refractivity contribution in [2.24, 2.45) is 5.73 Å². The standard InChI is InChI=1S/C18H22N2/c1-13-4-3-5-15(10-13)12-20-9-8-17-11-16(14(2)19)6-7-18(17)20/h3-7,10-11,14H,8-9,12,19H2,1-2H3. The van der Waals surface area contributed by atoms with Crippen molar-refractivity contribution in [2.45, 2.75) is 32.9 Å². The Balaban J connectivity index is 1.83. The Morgan fingerprint density at radius 3 is 2.80 bits per heavy atom. The third kappa shape index (κ3) is 2.56. The molecule has 1 atom stereocenters. The summed E-state index contributed by atoms with van der Waals surface area (Å²) < 4.78 is 0. The van der Waals surface area contributed by atoms with Crippen molar-refractivity contribution in [3.8, 4) is 0 Å². The predicted octanol–water partition coefficient (Wildman–Crippen LogP) is 3.58. The molecule has 2 aromatic rings. The van der Waals surface area contributed by atoms with Crippen LogP contribution in [0.3, 0.4) is 0 Å². The fourth-order valence-corrected chi connectivity index (χ4v) is 2.97. The minimum atomic E-state index is 0.117. The van der Waals surface area contributed by atoms with E-state index < -0.39 is 0 Å². The summed E-state index contributed by atoms with van der Waals surface area (Å²) in [4.78, 5) is 2.47. The molecule has 20 heavy (non-hydrogen) atoms. The van der Waals surface area contributed by atoms with E-state index in [-0.39, 0.29) is 6.04 Å². The first-order chi connectivity index (χ1) is 9.63. The third-order valence-electron chi connectivity index (χ3n) is 4.08. The van der Waals surface area contributed by atoms with Crippen LogP contribution in [0.2, 0.25) is 0 Å². The minimum absolute atomic E-state index is 0.117. The molecule has 2 aromatic carbocycles. The highest BCUT2D eigenvalue weighted by Gasteiger charge is 2.19. The molecule has 0 radical (unpaired) electrons. The van der Waals surface area contributed by atoms with Gasteiger partial charge in [-0.3, -0.25) is 0 Å². The number of hydrogen-bond donors (Lipinski definition) is 1. The summed E-state index contributed by atoms with van der Waals surface area (Å²) in [7, 11) is 0. The lowest BCUT2D eigenvalue weighted by molar-refractivity contribution is 0.816. The number of nitrogens with two attached hydrogens (primary N) is 1. The third-order valence-corrected chi connectivity index (χ3v) is 4.08. The number of fused-ring (bicyclic) bond motifs is 1. The monoisotopic (exact) mass is 266 g/mol. The van der Waals surface area contributed by atoms with Crippen molar-refractivity contribution in [3.05, 3.63) is 64.7 Å². The lowest BCUT2D eigenvalue weighted by Gasteiger charge is -2.20. The van der Waals surface area contributed by atoms with Crippen LogP contribution in [0.4, 0.5) is 5.69 Å². The zero-order valence-corrected chi connectivity index (χ0v) is 12.3. The second kappa shape index (κ2) is 5.29. The molecule has 0 fully saturated rings. The Morgan fingerprint density at radius 1 is 1.20 bits per heavy atom. The average molecular weight is 266 g/mol. The molecule has 0 spiro atoms. The highest BCUT2D eigenvalue weighted by Crippen LogP contribution is 2.31. The Kier molecular flexibility index (Phi) is 3.49. The van der Waals surface area contributed by atoms with Crippen LogP contribution in [-0.4, -0.2) is 6.54 Å². The van der Waals surface area contributed by atoms with Gasteiger partial charge in [-0.05, 0) is 43.0 Å². The molecule has 1 unspecified atom stereocenters. The Bertz CT molecular complexity index is 617. The van der Waals surface area contributed by atoms with Crippen LogP contribution in [-0.2, 0) is 13.0 Å². The maximum atomic E-state index is 5.97. The van der Waals surface area contributed by atoms with E-state index in [9.17, 15) is 0 Å². The van der Waals surface area contributed by atoms with E-state index in [1.54, 1.807) is 0 Å². The number of aryl methyl sites for hydroxylation is 1. The minimum Gasteiger partial charge on any atom is -0.367 e. The molecule has 3 rings (SSSR count). The number of hydrogen-bond acceptors (Lipinski definition) is 2. The molecule has 0 aliphatic carbocycles. The quantitative estimate of drug-likeness (QED) is 0.920. The summed E-state index contributed by atoms with van der Waals surface area (Å²) in [5.74, 6) is 0. The van der Waals surface area contributed by atoms with Crippen LogP contribution in [0.25, 0.3) is 0 Å². The van der Waals surface area contributed by atoms with Crippen LogP contribution in [0, 0.1) is 6.92 Å². The van der Waals surface area contributed by atoms with Gasteiger partial charge in [-0.1, -0.05) is 42.0 Å². The highest BCUT2D eigenvalue weighted by molar-refractivity contribution is 5.59. The summed E-state index contributed by atoms with van der Waals surface area (Å²) in [6.07, 6.45) is 1.13. The number of anilines is 1. The van der Waals surface area contributed by atoms with E-state index >= 15 is 0 Å². The number of nitrogens with zero attached hydrogens (tertiary/aromatic N) is 1. The molecule has 1 aliphatic rings. The van der Waals surface area contributed by atoms with Crippen molar-refractivity contribution in [1.29, 1.82) is 0 Å². The van der Waals surface area contributed by atoms with Gasteiger partial charge in [-0.25, -0.2) is 0 Å². The fraction of sp³-hybridized carbons (Fsp3) is 0.333. The van der Waals surface area contributed by atoms with Crippen LogP contribution in [0.5, 0.6) is 0 Å². The van der Waals surface area contributed by atoms with Crippen molar-refractivity contribution < 1.29 is 0 Å². The SMILES string of the molecule is Cc1cccc(CN2CCc3cc(C(C)N)ccc32)c1. The Hall–Kier alpha value is -1.80. The van der Waals surface area contributed by atoms with E-state index in [4.69, 9.17) is 5.73 Å². The summed E-state index contributed by atoms with van der Waals surface area (Å²) in [5.41, 5.74) is 12.7. The Labute approximate surface area is 121 Å². The van der Waals surface area contributed by atoms with Crippen LogP contribution >= 0.6 is 0 Å². The van der Waals surface area contributed by atoms with Gasteiger partial charge in [-0.2, -0.15) is 0 Å². The lowest BCUT2D eigenvalue weighted by atomic mass is 10.0. The molecule has 1 aliphatic heterocycles. The van der Waals surface area contributed by atoms with Crippen LogP contribution < -0.4 is 10.6 Å². The average Bonchev–Trinajstić information content (AvgIpc) is 2.81. The van der Waals surface area contributed by atoms with Gasteiger partial charge in [0.25, 0.3) is 0 Å². The van der Waals surface area contributed by atoms with Gasteiger partial charge < -0.3 is 10.6 Å². The second-order valence-corrected chi connectivity index (χ2v) is 5.84. The molecule has 2 nitrogen and oxygen atoms in total.